The number of nitrogens with one attached hydrogen (secondary N) is 1. The molecule has 1 aromatic carbocycles. The van der Waals surface area contributed by atoms with Crippen LogP contribution in [0.4, 0.5) is 5.13 Å². The third-order valence-corrected chi connectivity index (χ3v) is 6.62. The summed E-state index contributed by atoms with van der Waals surface area (Å²) in [4.78, 5) is 37.1. The maximum Gasteiger partial charge on any atom is 0.276 e. The number of aromatic nitrogens is 4. The molecule has 0 fully saturated rings. The number of hydrogen-bond acceptors (Lipinski definition) is 7. The van der Waals surface area contributed by atoms with Crippen LogP contribution in [0, 0.1) is 0 Å². The molecule has 0 bridgehead atoms. The molecule has 2 amide bonds. The molecule has 0 spiro atoms. The van der Waals surface area contributed by atoms with Gasteiger partial charge in [-0.05, 0) is 30.3 Å². The van der Waals surface area contributed by atoms with E-state index in [-0.39, 0.29) is 11.8 Å². The largest absolute Gasteiger partial charge is 0.496 e. The Morgan fingerprint density at radius 3 is 2.76 bits per heavy atom. The van der Waals surface area contributed by atoms with Crippen molar-refractivity contribution in [3.8, 4) is 17.0 Å². The van der Waals surface area contributed by atoms with Crippen LogP contribution in [-0.2, 0) is 20.0 Å². The van der Waals surface area contributed by atoms with E-state index in [1.165, 1.54) is 11.3 Å². The number of aryl methyl sites for hydroxylation is 1. The summed E-state index contributed by atoms with van der Waals surface area (Å²) >= 11 is 1.38. The van der Waals surface area contributed by atoms with E-state index in [9.17, 15) is 9.59 Å². The number of carbonyl (C=O) groups is 2. The van der Waals surface area contributed by atoms with Crippen molar-refractivity contribution < 1.29 is 14.3 Å². The summed E-state index contributed by atoms with van der Waals surface area (Å²) in [5.74, 6) is 0.291. The lowest BCUT2D eigenvalue weighted by Gasteiger charge is -2.25. The lowest BCUT2D eigenvalue weighted by atomic mass is 10.1. The first-order valence-corrected chi connectivity index (χ1v) is 11.5. The molecule has 0 atom stereocenters. The topological polar surface area (TPSA) is 102 Å². The summed E-state index contributed by atoms with van der Waals surface area (Å²) < 4.78 is 7.04. The van der Waals surface area contributed by atoms with Gasteiger partial charge in [0.25, 0.3) is 11.8 Å². The quantitative estimate of drug-likeness (QED) is 0.476. The Morgan fingerprint density at radius 1 is 1.15 bits per heavy atom. The number of nitrogens with zero attached hydrogens (tertiary/aromatic N) is 5. The van der Waals surface area contributed by atoms with Crippen LogP contribution >= 0.6 is 11.3 Å². The fraction of sp³-hybridized carbons (Fsp3) is 0.208. The normalized spacial score (nSPS) is 12.8. The van der Waals surface area contributed by atoms with Gasteiger partial charge in [-0.25, -0.2) is 4.98 Å². The van der Waals surface area contributed by atoms with Crippen LogP contribution < -0.4 is 10.1 Å². The van der Waals surface area contributed by atoms with E-state index >= 15 is 0 Å². The zero-order valence-corrected chi connectivity index (χ0v) is 19.5. The second-order valence-electron chi connectivity index (χ2n) is 7.77. The molecule has 1 aliphatic rings. The molecule has 4 aromatic rings. The molecular formula is C24H22N6O3S. The molecule has 1 N–H and O–H groups in total. The van der Waals surface area contributed by atoms with Crippen molar-refractivity contribution in [2.24, 2.45) is 7.05 Å². The number of rotatable bonds is 5. The zero-order chi connectivity index (χ0) is 23.7. The predicted molar refractivity (Wildman–Crippen MR) is 128 cm³/mol. The molecule has 0 saturated carbocycles. The first kappa shape index (κ1) is 21.8. The third-order valence-electron chi connectivity index (χ3n) is 5.62. The van der Waals surface area contributed by atoms with Gasteiger partial charge in [-0.3, -0.25) is 24.6 Å². The van der Waals surface area contributed by atoms with Gasteiger partial charge in [-0.2, -0.15) is 5.10 Å². The number of carbonyl (C=O) groups excluding carboxylic acids is 2. The van der Waals surface area contributed by atoms with Gasteiger partial charge in [0.15, 0.2) is 5.13 Å². The second kappa shape index (κ2) is 9.06. The summed E-state index contributed by atoms with van der Waals surface area (Å²) in [6, 6.07) is 14.5. The van der Waals surface area contributed by atoms with E-state index in [1.807, 2.05) is 24.3 Å². The molecule has 0 unspecified atom stereocenters. The van der Waals surface area contributed by atoms with E-state index < -0.39 is 0 Å². The summed E-state index contributed by atoms with van der Waals surface area (Å²) in [6.07, 6.45) is 2.19. The van der Waals surface area contributed by atoms with Crippen molar-refractivity contribution in [1.82, 2.24) is 24.6 Å². The highest BCUT2D eigenvalue weighted by Gasteiger charge is 2.28. The van der Waals surface area contributed by atoms with Gasteiger partial charge in [0.1, 0.15) is 17.1 Å². The van der Waals surface area contributed by atoms with Crippen molar-refractivity contribution in [2.75, 3.05) is 19.0 Å². The van der Waals surface area contributed by atoms with Crippen LogP contribution in [0.25, 0.3) is 11.3 Å². The summed E-state index contributed by atoms with van der Waals surface area (Å²) in [5.41, 5.74) is 3.24. The highest BCUT2D eigenvalue weighted by Crippen LogP contribution is 2.31. The average molecular weight is 475 g/mol. The van der Waals surface area contributed by atoms with Crippen molar-refractivity contribution in [3.05, 3.63) is 76.7 Å². The van der Waals surface area contributed by atoms with Crippen molar-refractivity contribution in [1.29, 1.82) is 0 Å². The molecule has 0 aliphatic carbocycles. The summed E-state index contributed by atoms with van der Waals surface area (Å²) in [5, 5.41) is 7.86. The number of amides is 2. The fourth-order valence-electron chi connectivity index (χ4n) is 3.90. The minimum absolute atomic E-state index is 0.103. The third kappa shape index (κ3) is 4.15. The highest BCUT2D eigenvalue weighted by atomic mass is 32.1. The van der Waals surface area contributed by atoms with Gasteiger partial charge >= 0.3 is 0 Å². The number of thiazole rings is 1. The monoisotopic (exact) mass is 474 g/mol. The van der Waals surface area contributed by atoms with Crippen LogP contribution in [0.3, 0.4) is 0 Å². The Kier molecular flexibility index (Phi) is 5.81. The Bertz CT molecular complexity index is 1360. The van der Waals surface area contributed by atoms with E-state index in [2.05, 4.69) is 20.4 Å². The minimum Gasteiger partial charge on any atom is -0.496 e. The standard InChI is InChI=1S/C24H22N6O3S/c1-29-19(13-18(28-29)15-7-3-4-9-20(15)33-2)23(32)30-12-10-16-21(14-30)34-24(26-16)27-22(31)17-8-5-6-11-25-17/h3-9,11,13H,10,12,14H2,1-2H3,(H,26,27,31). The summed E-state index contributed by atoms with van der Waals surface area (Å²) in [7, 11) is 3.38. The number of benzene rings is 1. The van der Waals surface area contributed by atoms with Gasteiger partial charge in [0.05, 0.1) is 25.0 Å². The van der Waals surface area contributed by atoms with Crippen LogP contribution in [0.15, 0.2) is 54.7 Å². The van der Waals surface area contributed by atoms with Crippen LogP contribution in [0.5, 0.6) is 5.75 Å². The van der Waals surface area contributed by atoms with Gasteiger partial charge < -0.3 is 9.64 Å². The molecule has 172 valence electrons. The van der Waals surface area contributed by atoms with Crippen molar-refractivity contribution >= 4 is 28.3 Å². The molecule has 34 heavy (non-hydrogen) atoms. The first-order chi connectivity index (χ1) is 16.5. The Hall–Kier alpha value is -4.05. The minimum atomic E-state index is -0.307. The molecule has 0 radical (unpaired) electrons. The van der Waals surface area contributed by atoms with Crippen molar-refractivity contribution in [2.45, 2.75) is 13.0 Å². The van der Waals surface area contributed by atoms with Gasteiger partial charge in [-0.1, -0.05) is 29.5 Å². The lowest BCUT2D eigenvalue weighted by Crippen LogP contribution is -2.36. The molecular weight excluding hydrogens is 452 g/mol. The van der Waals surface area contributed by atoms with Gasteiger partial charge in [0, 0.05) is 36.7 Å². The number of fused-ring (bicyclic) bond motifs is 1. The molecule has 5 rings (SSSR count). The van der Waals surface area contributed by atoms with E-state index in [1.54, 1.807) is 54.2 Å². The Balaban J connectivity index is 1.32. The summed E-state index contributed by atoms with van der Waals surface area (Å²) in [6.45, 7) is 0.971. The Morgan fingerprint density at radius 2 is 1.97 bits per heavy atom. The molecule has 4 heterocycles. The molecule has 0 saturated heterocycles. The van der Waals surface area contributed by atoms with Crippen molar-refractivity contribution in [3.63, 3.8) is 0 Å². The average Bonchev–Trinajstić information content (AvgIpc) is 3.46. The van der Waals surface area contributed by atoms with E-state index in [0.717, 1.165) is 16.1 Å². The maximum atomic E-state index is 13.3. The lowest BCUT2D eigenvalue weighted by molar-refractivity contribution is 0.0725. The van der Waals surface area contributed by atoms with E-state index in [0.29, 0.717) is 47.5 Å². The first-order valence-electron chi connectivity index (χ1n) is 10.7. The highest BCUT2D eigenvalue weighted by molar-refractivity contribution is 7.15. The number of pyridine rings is 1. The number of ether oxygens (including phenoxy) is 1. The number of anilines is 1. The molecule has 10 heteroatoms. The smallest absolute Gasteiger partial charge is 0.276 e. The van der Waals surface area contributed by atoms with Crippen LogP contribution in [0.1, 0.15) is 31.5 Å². The maximum absolute atomic E-state index is 13.3. The van der Waals surface area contributed by atoms with Gasteiger partial charge in [0.2, 0.25) is 0 Å². The van der Waals surface area contributed by atoms with E-state index in [4.69, 9.17) is 4.74 Å². The predicted octanol–water partition coefficient (Wildman–Crippen LogP) is 3.40. The van der Waals surface area contributed by atoms with Crippen LogP contribution in [0.2, 0.25) is 0 Å². The SMILES string of the molecule is COc1ccccc1-c1cc(C(=O)N2CCc3nc(NC(=O)c4ccccn4)sc3C2)n(C)n1. The number of para-hydroxylation sites is 1. The molecule has 9 nitrogen and oxygen atoms in total. The Labute approximate surface area is 200 Å². The molecule has 3 aromatic heterocycles. The second-order valence-corrected chi connectivity index (χ2v) is 8.86. The molecule has 1 aliphatic heterocycles. The number of hydrogen-bond donors (Lipinski definition) is 1. The zero-order valence-electron chi connectivity index (χ0n) is 18.7. The van der Waals surface area contributed by atoms with Gasteiger partial charge in [-0.15, -0.1) is 0 Å². The number of methoxy groups -OCH3 is 1. The van der Waals surface area contributed by atoms with Crippen LogP contribution in [-0.4, -0.2) is 50.1 Å². The fourth-order valence-corrected chi connectivity index (χ4v) is 4.92.